The first kappa shape index (κ1) is 14.0. The number of urea groups is 1. The van der Waals surface area contributed by atoms with Crippen LogP contribution in [0.4, 0.5) is 4.79 Å². The zero-order valence-corrected chi connectivity index (χ0v) is 10.4. The molecule has 0 spiro atoms. The molecule has 0 radical (unpaired) electrons. The molecule has 7 nitrogen and oxygen atoms in total. The fourth-order valence-electron chi connectivity index (χ4n) is 1.26. The van der Waals surface area contributed by atoms with E-state index in [4.69, 9.17) is 10.8 Å². The van der Waals surface area contributed by atoms with Gasteiger partial charge in [-0.15, -0.1) is 11.3 Å². The van der Waals surface area contributed by atoms with Gasteiger partial charge in [-0.1, -0.05) is 6.07 Å². The van der Waals surface area contributed by atoms with Crippen LogP contribution >= 0.6 is 11.3 Å². The number of nitrogens with two attached hydrogens (primary N) is 1. The summed E-state index contributed by atoms with van der Waals surface area (Å²) in [4.78, 5) is 33.8. The first-order valence-electron chi connectivity index (χ1n) is 5.04. The number of nitrogens with one attached hydrogen (secondary N) is 2. The smallest absolute Gasteiger partial charge is 0.331 e. The standard InChI is InChI=1S/C10H13N3O4S/c1-5(12-10(11)17)8(14)13-7(9(15)16)6-3-2-4-18-6/h2-5,7H,1H3,(H,13,14)(H,15,16)(H3,11,12,17). The molecular weight excluding hydrogens is 258 g/mol. The number of thiophene rings is 1. The van der Waals surface area contributed by atoms with Crippen molar-refractivity contribution in [2.75, 3.05) is 0 Å². The second-order valence-corrected chi connectivity index (χ2v) is 4.50. The van der Waals surface area contributed by atoms with E-state index in [-0.39, 0.29) is 0 Å². The number of hydrogen-bond acceptors (Lipinski definition) is 4. The van der Waals surface area contributed by atoms with Gasteiger partial charge in [0.15, 0.2) is 6.04 Å². The minimum absolute atomic E-state index is 0.502. The van der Waals surface area contributed by atoms with E-state index in [9.17, 15) is 14.4 Å². The lowest BCUT2D eigenvalue weighted by atomic mass is 10.2. The monoisotopic (exact) mass is 271 g/mol. The normalized spacial score (nSPS) is 13.4. The predicted molar refractivity (Wildman–Crippen MR) is 65.0 cm³/mol. The van der Waals surface area contributed by atoms with Crippen molar-refractivity contribution in [1.82, 2.24) is 10.6 Å². The van der Waals surface area contributed by atoms with Crippen LogP contribution in [0.5, 0.6) is 0 Å². The van der Waals surface area contributed by atoms with Crippen molar-refractivity contribution in [3.05, 3.63) is 22.4 Å². The lowest BCUT2D eigenvalue weighted by molar-refractivity contribution is -0.142. The lowest BCUT2D eigenvalue weighted by Gasteiger charge is -2.17. The first-order chi connectivity index (χ1) is 8.41. The Kier molecular flexibility index (Phi) is 4.67. The van der Waals surface area contributed by atoms with E-state index in [0.717, 1.165) is 0 Å². The topological polar surface area (TPSA) is 122 Å². The van der Waals surface area contributed by atoms with Crippen molar-refractivity contribution in [2.45, 2.75) is 19.0 Å². The molecule has 98 valence electrons. The van der Waals surface area contributed by atoms with Gasteiger partial charge >= 0.3 is 12.0 Å². The van der Waals surface area contributed by atoms with Gasteiger partial charge in [0.2, 0.25) is 5.91 Å². The highest BCUT2D eigenvalue weighted by molar-refractivity contribution is 7.10. The number of amides is 3. The highest BCUT2D eigenvalue weighted by atomic mass is 32.1. The lowest BCUT2D eigenvalue weighted by Crippen LogP contribution is -2.48. The van der Waals surface area contributed by atoms with Crippen LogP contribution in [0.1, 0.15) is 17.8 Å². The minimum atomic E-state index is -1.17. The molecule has 1 aromatic rings. The molecule has 1 rings (SSSR count). The average molecular weight is 271 g/mol. The maximum absolute atomic E-state index is 11.6. The van der Waals surface area contributed by atoms with Crippen molar-refractivity contribution >= 4 is 29.2 Å². The Balaban J connectivity index is 2.71. The minimum Gasteiger partial charge on any atom is -0.479 e. The van der Waals surface area contributed by atoms with Gasteiger partial charge in [0.1, 0.15) is 6.04 Å². The molecule has 0 bridgehead atoms. The number of primary amides is 1. The molecule has 5 N–H and O–H groups in total. The fourth-order valence-corrected chi connectivity index (χ4v) is 2.02. The average Bonchev–Trinajstić information content (AvgIpc) is 2.77. The van der Waals surface area contributed by atoms with E-state index in [0.29, 0.717) is 4.88 Å². The van der Waals surface area contributed by atoms with E-state index < -0.39 is 30.0 Å². The van der Waals surface area contributed by atoms with Gasteiger partial charge in [-0.2, -0.15) is 0 Å². The van der Waals surface area contributed by atoms with Crippen LogP contribution < -0.4 is 16.4 Å². The SMILES string of the molecule is CC(NC(N)=O)C(=O)NC(C(=O)O)c1cccs1. The van der Waals surface area contributed by atoms with Crippen molar-refractivity contribution in [3.63, 3.8) is 0 Å². The summed E-state index contributed by atoms with van der Waals surface area (Å²) >= 11 is 1.22. The van der Waals surface area contributed by atoms with Gasteiger partial charge in [-0.05, 0) is 18.4 Å². The molecule has 0 aliphatic carbocycles. The summed E-state index contributed by atoms with van der Waals surface area (Å²) in [6, 6.07) is 0.419. The van der Waals surface area contributed by atoms with Crippen LogP contribution in [0.25, 0.3) is 0 Å². The van der Waals surface area contributed by atoms with Crippen LogP contribution in [-0.4, -0.2) is 29.1 Å². The van der Waals surface area contributed by atoms with Gasteiger partial charge in [0.05, 0.1) is 0 Å². The number of carbonyl (C=O) groups excluding carboxylic acids is 2. The summed E-state index contributed by atoms with van der Waals surface area (Å²) in [5.41, 5.74) is 4.87. The molecular formula is C10H13N3O4S. The van der Waals surface area contributed by atoms with Crippen molar-refractivity contribution in [3.8, 4) is 0 Å². The quantitative estimate of drug-likeness (QED) is 0.604. The van der Waals surface area contributed by atoms with E-state index in [1.807, 2.05) is 0 Å². The number of carbonyl (C=O) groups is 3. The van der Waals surface area contributed by atoms with Crippen molar-refractivity contribution in [2.24, 2.45) is 5.73 Å². The van der Waals surface area contributed by atoms with Crippen LogP contribution in [-0.2, 0) is 9.59 Å². The van der Waals surface area contributed by atoms with Crippen molar-refractivity contribution in [1.29, 1.82) is 0 Å². The maximum atomic E-state index is 11.6. The Labute approximate surface area is 107 Å². The van der Waals surface area contributed by atoms with Gasteiger partial charge in [0.25, 0.3) is 0 Å². The molecule has 0 saturated carbocycles. The molecule has 1 heterocycles. The zero-order valence-electron chi connectivity index (χ0n) is 9.54. The first-order valence-corrected chi connectivity index (χ1v) is 5.92. The van der Waals surface area contributed by atoms with Crippen LogP contribution in [0.2, 0.25) is 0 Å². The molecule has 3 amide bonds. The number of carboxylic acid groups (broad SMARTS) is 1. The number of hydrogen-bond donors (Lipinski definition) is 4. The molecule has 8 heteroatoms. The zero-order chi connectivity index (χ0) is 13.7. The van der Waals surface area contributed by atoms with Crippen LogP contribution in [0.15, 0.2) is 17.5 Å². The Bertz CT molecular complexity index is 446. The molecule has 1 aromatic heterocycles. The molecule has 2 unspecified atom stereocenters. The fraction of sp³-hybridized carbons (Fsp3) is 0.300. The van der Waals surface area contributed by atoms with E-state index in [2.05, 4.69) is 10.6 Å². The van der Waals surface area contributed by atoms with Crippen molar-refractivity contribution < 1.29 is 19.5 Å². The third kappa shape index (κ3) is 3.74. The molecule has 0 aliphatic rings. The molecule has 18 heavy (non-hydrogen) atoms. The molecule has 2 atom stereocenters. The van der Waals surface area contributed by atoms with E-state index in [1.165, 1.54) is 18.3 Å². The van der Waals surface area contributed by atoms with E-state index >= 15 is 0 Å². The Morgan fingerprint density at radius 2 is 2.06 bits per heavy atom. The summed E-state index contributed by atoms with van der Waals surface area (Å²) in [5, 5.41) is 15.2. The third-order valence-electron chi connectivity index (χ3n) is 2.11. The van der Waals surface area contributed by atoms with E-state index in [1.54, 1.807) is 17.5 Å². The van der Waals surface area contributed by atoms with Gasteiger partial charge < -0.3 is 21.5 Å². The Morgan fingerprint density at radius 1 is 1.39 bits per heavy atom. The number of carboxylic acids is 1. The second-order valence-electron chi connectivity index (χ2n) is 3.53. The third-order valence-corrected chi connectivity index (χ3v) is 3.05. The second kappa shape index (κ2) is 6.01. The largest absolute Gasteiger partial charge is 0.479 e. The molecule has 0 aromatic carbocycles. The van der Waals surface area contributed by atoms with Gasteiger partial charge in [-0.25, -0.2) is 9.59 Å². The summed E-state index contributed by atoms with van der Waals surface area (Å²) in [7, 11) is 0. The Hall–Kier alpha value is -2.09. The predicted octanol–water partition coefficient (Wildman–Crippen LogP) is 0.0468. The summed E-state index contributed by atoms with van der Waals surface area (Å²) < 4.78 is 0. The summed E-state index contributed by atoms with van der Waals surface area (Å²) in [5.74, 6) is -1.79. The molecule has 0 aliphatic heterocycles. The van der Waals surface area contributed by atoms with Gasteiger partial charge in [0, 0.05) is 4.88 Å². The summed E-state index contributed by atoms with van der Waals surface area (Å²) in [6.07, 6.45) is 0. The number of rotatable bonds is 5. The Morgan fingerprint density at radius 3 is 2.50 bits per heavy atom. The number of aliphatic carboxylic acids is 1. The molecule has 0 fully saturated rings. The maximum Gasteiger partial charge on any atom is 0.331 e. The van der Waals surface area contributed by atoms with Gasteiger partial charge in [-0.3, -0.25) is 4.79 Å². The van der Waals surface area contributed by atoms with Crippen LogP contribution in [0, 0.1) is 0 Å². The summed E-state index contributed by atoms with van der Waals surface area (Å²) in [6.45, 7) is 1.41. The van der Waals surface area contributed by atoms with Crippen LogP contribution in [0.3, 0.4) is 0 Å². The molecule has 0 saturated heterocycles. The highest BCUT2D eigenvalue weighted by Crippen LogP contribution is 2.19. The highest BCUT2D eigenvalue weighted by Gasteiger charge is 2.25.